The summed E-state index contributed by atoms with van der Waals surface area (Å²) in [5.74, 6) is 1.44. The lowest BCUT2D eigenvalue weighted by molar-refractivity contribution is -0.897. The van der Waals surface area contributed by atoms with E-state index in [4.69, 9.17) is 9.15 Å². The number of carbonyl (C=O) groups excluding carboxylic acids is 1. The van der Waals surface area contributed by atoms with Crippen LogP contribution in [-0.2, 0) is 4.79 Å². The topological polar surface area (TPSA) is 55.9 Å². The Morgan fingerprint density at radius 1 is 1.19 bits per heavy atom. The van der Waals surface area contributed by atoms with Crippen molar-refractivity contribution < 1.29 is 18.8 Å². The van der Waals surface area contributed by atoms with Crippen LogP contribution in [0.1, 0.15) is 19.8 Å². The van der Waals surface area contributed by atoms with Gasteiger partial charge in [0, 0.05) is 16.8 Å². The summed E-state index contributed by atoms with van der Waals surface area (Å²) in [6.07, 6.45) is 2.38. The second-order valence-corrected chi connectivity index (χ2v) is 7.30. The maximum atomic E-state index is 12.5. The summed E-state index contributed by atoms with van der Waals surface area (Å²) >= 11 is 0. The summed E-state index contributed by atoms with van der Waals surface area (Å²) in [5.41, 5.74) is 2.25. The van der Waals surface area contributed by atoms with Gasteiger partial charge in [0.15, 0.2) is 6.54 Å². The number of para-hydroxylation sites is 1. The molecule has 5 nitrogen and oxygen atoms in total. The number of quaternary nitrogens is 1. The van der Waals surface area contributed by atoms with Crippen LogP contribution in [0.4, 0.5) is 5.69 Å². The van der Waals surface area contributed by atoms with Crippen molar-refractivity contribution in [2.45, 2.75) is 19.8 Å². The van der Waals surface area contributed by atoms with Crippen LogP contribution in [0.15, 0.2) is 40.8 Å². The van der Waals surface area contributed by atoms with Gasteiger partial charge in [0.05, 0.1) is 25.9 Å². The Morgan fingerprint density at radius 3 is 2.73 bits per heavy atom. The fourth-order valence-corrected chi connectivity index (χ4v) is 3.79. The molecule has 0 radical (unpaired) electrons. The molecule has 1 aliphatic heterocycles. The molecule has 136 valence electrons. The van der Waals surface area contributed by atoms with Crippen LogP contribution in [0.2, 0.25) is 0 Å². The van der Waals surface area contributed by atoms with E-state index in [1.54, 1.807) is 7.11 Å². The highest BCUT2D eigenvalue weighted by Gasteiger charge is 2.22. The molecule has 3 aromatic rings. The van der Waals surface area contributed by atoms with Crippen LogP contribution < -0.4 is 15.0 Å². The van der Waals surface area contributed by atoms with Gasteiger partial charge in [-0.3, -0.25) is 4.79 Å². The normalized spacial score (nSPS) is 20.4. The summed E-state index contributed by atoms with van der Waals surface area (Å²) in [5, 5.41) is 5.05. The van der Waals surface area contributed by atoms with Gasteiger partial charge in [0.25, 0.3) is 5.91 Å². The van der Waals surface area contributed by atoms with Crippen molar-refractivity contribution in [1.29, 1.82) is 0 Å². The summed E-state index contributed by atoms with van der Waals surface area (Å²) < 4.78 is 11.4. The Hall–Kier alpha value is -2.53. The van der Waals surface area contributed by atoms with Crippen LogP contribution >= 0.6 is 0 Å². The molecule has 2 aromatic carbocycles. The molecule has 26 heavy (non-hydrogen) atoms. The monoisotopic (exact) mass is 353 g/mol. The number of carbonyl (C=O) groups is 1. The van der Waals surface area contributed by atoms with Gasteiger partial charge in [-0.05, 0) is 30.9 Å². The van der Waals surface area contributed by atoms with Crippen molar-refractivity contribution in [3.63, 3.8) is 0 Å². The molecular formula is C21H25N2O3+. The highest BCUT2D eigenvalue weighted by atomic mass is 16.5. The van der Waals surface area contributed by atoms with Crippen molar-refractivity contribution in [3.05, 3.63) is 36.4 Å². The third-order valence-corrected chi connectivity index (χ3v) is 5.36. The molecule has 1 aliphatic rings. The quantitative estimate of drug-likeness (QED) is 0.758. The molecular weight excluding hydrogens is 328 g/mol. The maximum Gasteiger partial charge on any atom is 0.279 e. The van der Waals surface area contributed by atoms with Gasteiger partial charge in [0.1, 0.15) is 16.9 Å². The second-order valence-electron chi connectivity index (χ2n) is 7.30. The van der Waals surface area contributed by atoms with Crippen LogP contribution in [-0.4, -0.2) is 32.7 Å². The van der Waals surface area contributed by atoms with Gasteiger partial charge < -0.3 is 19.4 Å². The maximum absolute atomic E-state index is 12.5. The summed E-state index contributed by atoms with van der Waals surface area (Å²) in [6, 6.07) is 11.7. The molecule has 1 amide bonds. The van der Waals surface area contributed by atoms with Crippen molar-refractivity contribution in [3.8, 4) is 5.75 Å². The molecule has 2 N–H and O–H groups in total. The fourth-order valence-electron chi connectivity index (χ4n) is 3.79. The Labute approximate surface area is 152 Å². The summed E-state index contributed by atoms with van der Waals surface area (Å²) in [6.45, 7) is 4.90. The summed E-state index contributed by atoms with van der Waals surface area (Å²) in [7, 11) is 1.62. The molecule has 2 heterocycles. The van der Waals surface area contributed by atoms with Crippen LogP contribution in [0.3, 0.4) is 0 Å². The number of fused-ring (bicyclic) bond motifs is 3. The molecule has 0 bridgehead atoms. The molecule has 4 rings (SSSR count). The van der Waals surface area contributed by atoms with Crippen molar-refractivity contribution in [2.24, 2.45) is 5.92 Å². The molecule has 0 aliphatic carbocycles. The van der Waals surface area contributed by atoms with Crippen LogP contribution in [0, 0.1) is 5.92 Å². The van der Waals surface area contributed by atoms with E-state index in [1.807, 2.05) is 36.4 Å². The number of hydrogen-bond donors (Lipinski definition) is 2. The van der Waals surface area contributed by atoms with Gasteiger partial charge in [-0.2, -0.15) is 0 Å². The zero-order chi connectivity index (χ0) is 18.1. The predicted octanol–water partition coefficient (Wildman–Crippen LogP) is 2.85. The fraction of sp³-hybridized carbons (Fsp3) is 0.381. The lowest BCUT2D eigenvalue weighted by Gasteiger charge is -2.26. The first-order chi connectivity index (χ1) is 12.6. The van der Waals surface area contributed by atoms with Crippen LogP contribution in [0.5, 0.6) is 5.75 Å². The zero-order valence-corrected chi connectivity index (χ0v) is 15.3. The number of benzene rings is 2. The average Bonchev–Trinajstić information content (AvgIpc) is 3.00. The SMILES string of the molecule is COc1cc2c(cc1NC(=O)C[NH+]1CCC(C)CC1)oc1ccccc12. The van der Waals surface area contributed by atoms with Gasteiger partial charge in [-0.25, -0.2) is 0 Å². The standard InChI is InChI=1S/C21H24N2O3/c1-14-7-9-23(10-8-14)13-21(24)22-17-12-19-16(11-20(17)25-2)15-5-3-4-6-18(15)26-19/h3-6,11-12,14H,7-10,13H2,1-2H3,(H,22,24)/p+1. The van der Waals surface area contributed by atoms with E-state index in [1.165, 1.54) is 17.7 Å². The Morgan fingerprint density at radius 2 is 1.96 bits per heavy atom. The second kappa shape index (κ2) is 7.00. The lowest BCUT2D eigenvalue weighted by Crippen LogP contribution is -3.14. The molecule has 0 unspecified atom stereocenters. The number of hydrogen-bond acceptors (Lipinski definition) is 3. The summed E-state index contributed by atoms with van der Waals surface area (Å²) in [4.78, 5) is 13.9. The molecule has 0 spiro atoms. The number of methoxy groups -OCH3 is 1. The largest absolute Gasteiger partial charge is 0.495 e. The van der Waals surface area contributed by atoms with Gasteiger partial charge >= 0.3 is 0 Å². The van der Waals surface area contributed by atoms with E-state index in [-0.39, 0.29) is 5.91 Å². The van der Waals surface area contributed by atoms with E-state index in [0.717, 1.165) is 40.9 Å². The van der Waals surface area contributed by atoms with E-state index < -0.39 is 0 Å². The molecule has 0 atom stereocenters. The number of anilines is 1. The third-order valence-electron chi connectivity index (χ3n) is 5.36. The minimum atomic E-state index is 0.0170. The number of nitrogens with one attached hydrogen (secondary N) is 2. The highest BCUT2D eigenvalue weighted by Crippen LogP contribution is 2.36. The van der Waals surface area contributed by atoms with E-state index in [0.29, 0.717) is 18.0 Å². The first-order valence-corrected chi connectivity index (χ1v) is 9.26. The lowest BCUT2D eigenvalue weighted by atomic mass is 9.99. The number of piperidine rings is 1. The molecule has 5 heteroatoms. The number of rotatable bonds is 4. The molecule has 1 aromatic heterocycles. The van der Waals surface area contributed by atoms with Crippen LogP contribution in [0.25, 0.3) is 21.9 Å². The smallest absolute Gasteiger partial charge is 0.279 e. The predicted molar refractivity (Wildman–Crippen MR) is 103 cm³/mol. The van der Waals surface area contributed by atoms with E-state index in [2.05, 4.69) is 12.2 Å². The van der Waals surface area contributed by atoms with E-state index in [9.17, 15) is 4.79 Å². The van der Waals surface area contributed by atoms with Crippen molar-refractivity contribution in [1.82, 2.24) is 0 Å². The first-order valence-electron chi connectivity index (χ1n) is 9.26. The third kappa shape index (κ3) is 3.27. The Bertz CT molecular complexity index is 939. The Balaban J connectivity index is 1.57. The minimum absolute atomic E-state index is 0.0170. The highest BCUT2D eigenvalue weighted by molar-refractivity contribution is 6.07. The molecule has 1 saturated heterocycles. The average molecular weight is 353 g/mol. The number of likely N-dealkylation sites (tertiary alicyclic amines) is 1. The number of furan rings is 1. The van der Waals surface area contributed by atoms with E-state index >= 15 is 0 Å². The van der Waals surface area contributed by atoms with Crippen molar-refractivity contribution >= 4 is 33.5 Å². The van der Waals surface area contributed by atoms with Crippen molar-refractivity contribution in [2.75, 3.05) is 32.1 Å². The zero-order valence-electron chi connectivity index (χ0n) is 15.3. The first kappa shape index (κ1) is 16.9. The number of ether oxygens (including phenoxy) is 1. The number of amides is 1. The van der Waals surface area contributed by atoms with Gasteiger partial charge in [-0.15, -0.1) is 0 Å². The minimum Gasteiger partial charge on any atom is -0.495 e. The van der Waals surface area contributed by atoms with Gasteiger partial charge in [0.2, 0.25) is 0 Å². The van der Waals surface area contributed by atoms with Gasteiger partial charge in [-0.1, -0.05) is 25.1 Å². The molecule has 0 saturated carbocycles. The molecule has 1 fully saturated rings. The Kier molecular flexibility index (Phi) is 4.55.